The lowest BCUT2D eigenvalue weighted by atomic mass is 10.1. The van der Waals surface area contributed by atoms with E-state index in [9.17, 15) is 18.0 Å². The number of benzene rings is 1. The van der Waals surface area contributed by atoms with Crippen molar-refractivity contribution in [2.45, 2.75) is 12.8 Å². The van der Waals surface area contributed by atoms with Crippen LogP contribution in [0.5, 0.6) is 5.88 Å². The van der Waals surface area contributed by atoms with Crippen molar-refractivity contribution < 1.29 is 27.4 Å². The van der Waals surface area contributed by atoms with Gasteiger partial charge in [-0.3, -0.25) is 4.79 Å². The van der Waals surface area contributed by atoms with Gasteiger partial charge in [-0.05, 0) is 23.8 Å². The number of methoxy groups -OCH3 is 1. The van der Waals surface area contributed by atoms with E-state index in [-0.39, 0.29) is 11.8 Å². The molecule has 0 spiro atoms. The smallest absolute Gasteiger partial charge is 0.422 e. The molecular formula is C16H15F3N2O3. The van der Waals surface area contributed by atoms with Crippen LogP contribution in [0.4, 0.5) is 18.9 Å². The molecule has 0 radical (unpaired) electrons. The summed E-state index contributed by atoms with van der Waals surface area (Å²) in [6, 6.07) is 9.50. The highest BCUT2D eigenvalue weighted by molar-refractivity contribution is 6.04. The standard InChI is InChI=1S/C16H15F3N2O3/c1-23-9-11-2-4-12(5-3-11)15(22)21-13-6-7-14(20-8-13)24-10-16(17,18)19/h2-8H,9-10H2,1H3,(H,21,22). The van der Waals surface area contributed by atoms with Crippen LogP contribution in [0, 0.1) is 0 Å². The van der Waals surface area contributed by atoms with Gasteiger partial charge in [-0.25, -0.2) is 4.98 Å². The zero-order chi connectivity index (χ0) is 17.6. The molecule has 2 rings (SSSR count). The third kappa shape index (κ3) is 5.54. The summed E-state index contributed by atoms with van der Waals surface area (Å²) in [6.07, 6.45) is -3.20. The van der Waals surface area contributed by atoms with Crippen molar-refractivity contribution in [3.05, 3.63) is 53.7 Å². The number of alkyl halides is 3. The highest BCUT2D eigenvalue weighted by atomic mass is 19.4. The molecule has 1 N–H and O–H groups in total. The number of carbonyl (C=O) groups excluding carboxylic acids is 1. The number of halogens is 3. The van der Waals surface area contributed by atoms with Crippen LogP contribution in [0.25, 0.3) is 0 Å². The number of rotatable bonds is 6. The fraction of sp³-hybridized carbons (Fsp3) is 0.250. The molecule has 0 saturated carbocycles. The van der Waals surface area contributed by atoms with Gasteiger partial charge < -0.3 is 14.8 Å². The Balaban J connectivity index is 1.94. The molecule has 24 heavy (non-hydrogen) atoms. The number of pyridine rings is 1. The summed E-state index contributed by atoms with van der Waals surface area (Å²) in [6.45, 7) is -0.968. The van der Waals surface area contributed by atoms with Gasteiger partial charge in [-0.2, -0.15) is 13.2 Å². The second kappa shape index (κ2) is 7.78. The maximum absolute atomic E-state index is 12.1. The number of anilines is 1. The summed E-state index contributed by atoms with van der Waals surface area (Å²) in [5, 5.41) is 2.60. The molecular weight excluding hydrogens is 325 g/mol. The van der Waals surface area contributed by atoms with Crippen molar-refractivity contribution in [3.8, 4) is 5.88 Å². The van der Waals surface area contributed by atoms with Crippen LogP contribution in [-0.4, -0.2) is 30.8 Å². The number of nitrogens with zero attached hydrogens (tertiary/aromatic N) is 1. The first-order chi connectivity index (χ1) is 11.4. The number of hydrogen-bond donors (Lipinski definition) is 1. The van der Waals surface area contributed by atoms with Crippen LogP contribution in [0.1, 0.15) is 15.9 Å². The lowest BCUT2D eigenvalue weighted by Gasteiger charge is -2.09. The maximum atomic E-state index is 12.1. The summed E-state index contributed by atoms with van der Waals surface area (Å²) in [4.78, 5) is 15.8. The normalized spacial score (nSPS) is 11.2. The van der Waals surface area contributed by atoms with E-state index >= 15 is 0 Å². The average Bonchev–Trinajstić information content (AvgIpc) is 2.54. The highest BCUT2D eigenvalue weighted by Crippen LogP contribution is 2.18. The minimum absolute atomic E-state index is 0.172. The van der Waals surface area contributed by atoms with Gasteiger partial charge in [-0.1, -0.05) is 12.1 Å². The number of carbonyl (C=O) groups is 1. The van der Waals surface area contributed by atoms with E-state index in [1.807, 2.05) is 0 Å². The van der Waals surface area contributed by atoms with Gasteiger partial charge in [0.05, 0.1) is 18.5 Å². The van der Waals surface area contributed by atoms with Crippen molar-refractivity contribution in [2.75, 3.05) is 19.0 Å². The van der Waals surface area contributed by atoms with Gasteiger partial charge in [0, 0.05) is 18.7 Å². The third-order valence-electron chi connectivity index (χ3n) is 2.91. The molecule has 2 aromatic rings. The SMILES string of the molecule is COCc1ccc(C(=O)Nc2ccc(OCC(F)(F)F)nc2)cc1. The Labute approximate surface area is 136 Å². The Bertz CT molecular complexity index is 670. The highest BCUT2D eigenvalue weighted by Gasteiger charge is 2.28. The minimum atomic E-state index is -4.43. The Morgan fingerprint density at radius 3 is 2.42 bits per heavy atom. The van der Waals surface area contributed by atoms with Gasteiger partial charge in [0.2, 0.25) is 5.88 Å². The molecule has 0 bridgehead atoms. The first-order valence-electron chi connectivity index (χ1n) is 6.92. The Morgan fingerprint density at radius 1 is 1.17 bits per heavy atom. The number of nitrogens with one attached hydrogen (secondary N) is 1. The molecule has 1 amide bonds. The zero-order valence-corrected chi connectivity index (χ0v) is 12.8. The van der Waals surface area contributed by atoms with E-state index in [0.29, 0.717) is 17.9 Å². The van der Waals surface area contributed by atoms with Gasteiger partial charge in [0.1, 0.15) is 0 Å². The molecule has 0 aliphatic heterocycles. The minimum Gasteiger partial charge on any atom is -0.468 e. The molecule has 1 aromatic heterocycles. The molecule has 0 saturated heterocycles. The zero-order valence-electron chi connectivity index (χ0n) is 12.8. The molecule has 0 aliphatic carbocycles. The lowest BCUT2D eigenvalue weighted by molar-refractivity contribution is -0.154. The molecule has 0 unspecified atom stereocenters. The molecule has 128 valence electrons. The van der Waals surface area contributed by atoms with E-state index in [1.165, 1.54) is 18.3 Å². The summed E-state index contributed by atoms with van der Waals surface area (Å²) in [5.41, 5.74) is 1.72. The molecule has 5 nitrogen and oxygen atoms in total. The number of hydrogen-bond acceptors (Lipinski definition) is 4. The van der Waals surface area contributed by atoms with E-state index in [2.05, 4.69) is 15.0 Å². The monoisotopic (exact) mass is 340 g/mol. The largest absolute Gasteiger partial charge is 0.468 e. The Hall–Kier alpha value is -2.61. The van der Waals surface area contributed by atoms with Gasteiger partial charge >= 0.3 is 6.18 Å². The lowest BCUT2D eigenvalue weighted by Crippen LogP contribution is -2.19. The number of ether oxygens (including phenoxy) is 2. The predicted octanol–water partition coefficient (Wildman–Crippen LogP) is 3.42. The first kappa shape index (κ1) is 17.7. The topological polar surface area (TPSA) is 60.5 Å². The van der Waals surface area contributed by atoms with Crippen molar-refractivity contribution in [2.24, 2.45) is 0 Å². The molecule has 0 atom stereocenters. The Morgan fingerprint density at radius 2 is 1.88 bits per heavy atom. The van der Waals surface area contributed by atoms with Crippen molar-refractivity contribution >= 4 is 11.6 Å². The first-order valence-corrected chi connectivity index (χ1v) is 6.92. The molecule has 0 aliphatic rings. The average molecular weight is 340 g/mol. The van der Waals surface area contributed by atoms with E-state index in [1.54, 1.807) is 31.4 Å². The summed E-state index contributed by atoms with van der Waals surface area (Å²) >= 11 is 0. The molecule has 1 aromatic carbocycles. The summed E-state index contributed by atoms with van der Waals surface area (Å²) in [7, 11) is 1.58. The van der Waals surface area contributed by atoms with Crippen molar-refractivity contribution in [1.29, 1.82) is 0 Å². The number of amides is 1. The van der Waals surface area contributed by atoms with Crippen LogP contribution < -0.4 is 10.1 Å². The molecule has 8 heteroatoms. The second-order valence-electron chi connectivity index (χ2n) is 4.87. The van der Waals surface area contributed by atoms with Crippen LogP contribution in [0.3, 0.4) is 0 Å². The Kier molecular flexibility index (Phi) is 5.75. The van der Waals surface area contributed by atoms with E-state index in [0.717, 1.165) is 5.56 Å². The van der Waals surface area contributed by atoms with Gasteiger partial charge in [0.15, 0.2) is 6.61 Å². The third-order valence-corrected chi connectivity index (χ3v) is 2.91. The number of aromatic nitrogens is 1. The summed E-state index contributed by atoms with van der Waals surface area (Å²) < 4.78 is 45.6. The van der Waals surface area contributed by atoms with Gasteiger partial charge in [-0.15, -0.1) is 0 Å². The van der Waals surface area contributed by atoms with Gasteiger partial charge in [0.25, 0.3) is 5.91 Å². The summed E-state index contributed by atoms with van der Waals surface area (Å²) in [5.74, 6) is -0.529. The van der Waals surface area contributed by atoms with E-state index in [4.69, 9.17) is 4.74 Å². The second-order valence-corrected chi connectivity index (χ2v) is 4.87. The predicted molar refractivity (Wildman–Crippen MR) is 80.9 cm³/mol. The van der Waals surface area contributed by atoms with Crippen LogP contribution in [0.15, 0.2) is 42.6 Å². The fourth-order valence-corrected chi connectivity index (χ4v) is 1.82. The van der Waals surface area contributed by atoms with Crippen LogP contribution >= 0.6 is 0 Å². The van der Waals surface area contributed by atoms with Crippen molar-refractivity contribution in [1.82, 2.24) is 4.98 Å². The van der Waals surface area contributed by atoms with Crippen LogP contribution in [0.2, 0.25) is 0 Å². The fourth-order valence-electron chi connectivity index (χ4n) is 1.82. The molecule has 1 heterocycles. The molecule has 0 fully saturated rings. The van der Waals surface area contributed by atoms with Crippen molar-refractivity contribution in [3.63, 3.8) is 0 Å². The van der Waals surface area contributed by atoms with Crippen LogP contribution in [-0.2, 0) is 11.3 Å². The van der Waals surface area contributed by atoms with E-state index < -0.39 is 12.8 Å². The maximum Gasteiger partial charge on any atom is 0.422 e. The quantitative estimate of drug-likeness (QED) is 0.875.